The zero-order valence-corrected chi connectivity index (χ0v) is 14.3. The number of hydrogen-bond donors (Lipinski definition) is 1. The van der Waals surface area contributed by atoms with Crippen molar-refractivity contribution < 1.29 is 13.9 Å². The topological polar surface area (TPSA) is 54.7 Å². The van der Waals surface area contributed by atoms with Crippen molar-refractivity contribution in [1.82, 2.24) is 4.90 Å². The molecule has 2 amide bonds. The number of urea groups is 1. The number of hydrogen-bond acceptors (Lipinski definition) is 3. The predicted molar refractivity (Wildman–Crippen MR) is 96.3 cm³/mol. The lowest BCUT2D eigenvalue weighted by Gasteiger charge is -2.23. The summed E-state index contributed by atoms with van der Waals surface area (Å²) in [6.07, 6.45) is 0. The maximum atomic E-state index is 12.6. The van der Waals surface area contributed by atoms with Crippen molar-refractivity contribution in [2.75, 3.05) is 12.4 Å². The predicted octanol–water partition coefficient (Wildman–Crippen LogP) is 4.69. The molecule has 0 radical (unpaired) electrons. The van der Waals surface area contributed by atoms with Crippen molar-refractivity contribution in [1.29, 1.82) is 0 Å². The lowest BCUT2D eigenvalue weighted by atomic mass is 10.1. The molecular formula is C20H20N2O3. The highest BCUT2D eigenvalue weighted by atomic mass is 16.5. The Kier molecular flexibility index (Phi) is 3.93. The Bertz CT molecular complexity index is 899. The molecule has 0 spiro atoms. The molecule has 1 unspecified atom stereocenters. The number of benzene rings is 2. The molecule has 5 heteroatoms. The minimum absolute atomic E-state index is 0.174. The molecule has 0 saturated carbocycles. The van der Waals surface area contributed by atoms with Crippen LogP contribution in [0.3, 0.4) is 0 Å². The van der Waals surface area contributed by atoms with E-state index in [1.807, 2.05) is 55.5 Å². The lowest BCUT2D eigenvalue weighted by molar-refractivity contribution is 0.134. The Hall–Kier alpha value is -2.79. The fourth-order valence-corrected chi connectivity index (χ4v) is 3.04. The van der Waals surface area contributed by atoms with E-state index in [0.29, 0.717) is 13.2 Å². The minimum atomic E-state index is -0.176. The number of carbonyl (C=O) groups is 1. The second-order valence-electron chi connectivity index (χ2n) is 6.38. The maximum absolute atomic E-state index is 12.6. The van der Waals surface area contributed by atoms with Crippen molar-refractivity contribution in [2.24, 2.45) is 0 Å². The van der Waals surface area contributed by atoms with E-state index in [1.165, 1.54) is 5.56 Å². The monoisotopic (exact) mass is 336 g/mol. The van der Waals surface area contributed by atoms with Gasteiger partial charge in [0.15, 0.2) is 0 Å². The quantitative estimate of drug-likeness (QED) is 0.755. The van der Waals surface area contributed by atoms with Gasteiger partial charge in [-0.25, -0.2) is 4.79 Å². The van der Waals surface area contributed by atoms with E-state index in [1.54, 1.807) is 11.9 Å². The van der Waals surface area contributed by atoms with Crippen LogP contribution in [-0.2, 0) is 18.0 Å². The van der Waals surface area contributed by atoms with Gasteiger partial charge in [-0.3, -0.25) is 0 Å². The van der Waals surface area contributed by atoms with Gasteiger partial charge in [0.1, 0.15) is 11.3 Å². The molecule has 0 bridgehead atoms. The van der Waals surface area contributed by atoms with E-state index in [9.17, 15) is 4.79 Å². The molecule has 1 aromatic heterocycles. The zero-order valence-electron chi connectivity index (χ0n) is 14.3. The molecule has 2 aromatic carbocycles. The van der Waals surface area contributed by atoms with Gasteiger partial charge < -0.3 is 19.4 Å². The summed E-state index contributed by atoms with van der Waals surface area (Å²) in [4.78, 5) is 14.2. The average Bonchev–Trinajstić information content (AvgIpc) is 3.26. The summed E-state index contributed by atoms with van der Waals surface area (Å²) in [7, 11) is 1.77. The second-order valence-corrected chi connectivity index (χ2v) is 6.38. The molecule has 4 rings (SSSR count). The van der Waals surface area contributed by atoms with Gasteiger partial charge in [0.25, 0.3) is 0 Å². The molecule has 1 N–H and O–H groups in total. The minimum Gasteiger partial charge on any atom is -0.459 e. The van der Waals surface area contributed by atoms with Gasteiger partial charge in [-0.15, -0.1) is 0 Å². The Morgan fingerprint density at radius 2 is 1.92 bits per heavy atom. The van der Waals surface area contributed by atoms with Crippen LogP contribution in [0, 0.1) is 0 Å². The smallest absolute Gasteiger partial charge is 0.322 e. The molecule has 0 aliphatic carbocycles. The molecule has 1 atom stereocenters. The Morgan fingerprint density at radius 3 is 2.76 bits per heavy atom. The first-order chi connectivity index (χ1) is 12.1. The first kappa shape index (κ1) is 15.7. The van der Waals surface area contributed by atoms with Crippen molar-refractivity contribution in [3.8, 4) is 0 Å². The van der Waals surface area contributed by atoms with E-state index < -0.39 is 0 Å². The summed E-state index contributed by atoms with van der Waals surface area (Å²) in [5, 5.41) is 3.98. The van der Waals surface area contributed by atoms with Gasteiger partial charge in [0, 0.05) is 18.1 Å². The second kappa shape index (κ2) is 6.26. The number of fused-ring (bicyclic) bond motifs is 2. The molecule has 5 nitrogen and oxygen atoms in total. The SMILES string of the molecule is CC(c1cc2ccccc2o1)N(C)C(=O)Nc1ccc2c(c1)COC2. The van der Waals surface area contributed by atoms with E-state index >= 15 is 0 Å². The summed E-state index contributed by atoms with van der Waals surface area (Å²) in [5.41, 5.74) is 3.92. The Morgan fingerprint density at radius 1 is 1.12 bits per heavy atom. The number of amides is 2. The number of carbonyl (C=O) groups excluding carboxylic acids is 1. The highest BCUT2D eigenvalue weighted by molar-refractivity contribution is 5.89. The summed E-state index contributed by atoms with van der Waals surface area (Å²) in [5.74, 6) is 0.765. The molecule has 25 heavy (non-hydrogen) atoms. The summed E-state index contributed by atoms with van der Waals surface area (Å²) >= 11 is 0. The number of furan rings is 1. The number of rotatable bonds is 3. The van der Waals surface area contributed by atoms with Gasteiger partial charge in [0.2, 0.25) is 0 Å². The molecule has 3 aromatic rings. The first-order valence-corrected chi connectivity index (χ1v) is 8.33. The third-order valence-corrected chi connectivity index (χ3v) is 4.73. The van der Waals surface area contributed by atoms with Crippen LogP contribution in [-0.4, -0.2) is 18.0 Å². The summed E-state index contributed by atoms with van der Waals surface area (Å²) < 4.78 is 11.3. The molecule has 0 fully saturated rings. The van der Waals surface area contributed by atoms with Crippen LogP contribution in [0.15, 0.2) is 52.9 Å². The van der Waals surface area contributed by atoms with E-state index in [-0.39, 0.29) is 12.1 Å². The zero-order chi connectivity index (χ0) is 17.4. The van der Waals surface area contributed by atoms with E-state index in [0.717, 1.165) is 28.0 Å². The number of nitrogens with zero attached hydrogens (tertiary/aromatic N) is 1. The van der Waals surface area contributed by atoms with Crippen molar-refractivity contribution in [3.63, 3.8) is 0 Å². The van der Waals surface area contributed by atoms with Crippen LogP contribution in [0.25, 0.3) is 11.0 Å². The number of ether oxygens (including phenoxy) is 1. The van der Waals surface area contributed by atoms with Crippen molar-refractivity contribution in [2.45, 2.75) is 26.2 Å². The average molecular weight is 336 g/mol. The Labute approximate surface area is 146 Å². The molecule has 128 valence electrons. The standard InChI is InChI=1S/C20H20N2O3/c1-13(19-10-14-5-3-4-6-18(14)25-19)22(2)20(23)21-17-8-7-15-11-24-12-16(15)9-17/h3-10,13H,11-12H2,1-2H3,(H,21,23). The highest BCUT2D eigenvalue weighted by Crippen LogP contribution is 2.28. The first-order valence-electron chi connectivity index (χ1n) is 8.33. The molecule has 2 heterocycles. The van der Waals surface area contributed by atoms with E-state index in [2.05, 4.69) is 5.32 Å². The fraction of sp³-hybridized carbons (Fsp3) is 0.250. The van der Waals surface area contributed by atoms with Crippen LogP contribution < -0.4 is 5.32 Å². The van der Waals surface area contributed by atoms with Gasteiger partial charge in [0.05, 0.1) is 19.3 Å². The largest absolute Gasteiger partial charge is 0.459 e. The van der Waals surface area contributed by atoms with Crippen molar-refractivity contribution in [3.05, 3.63) is 65.4 Å². The number of para-hydroxylation sites is 1. The number of anilines is 1. The van der Waals surface area contributed by atoms with E-state index in [4.69, 9.17) is 9.15 Å². The fourth-order valence-electron chi connectivity index (χ4n) is 3.04. The van der Waals surface area contributed by atoms with Gasteiger partial charge in [-0.1, -0.05) is 24.3 Å². The third kappa shape index (κ3) is 2.98. The maximum Gasteiger partial charge on any atom is 0.322 e. The van der Waals surface area contributed by atoms with Crippen LogP contribution in [0.5, 0.6) is 0 Å². The molecule has 1 aliphatic rings. The van der Waals surface area contributed by atoms with Crippen LogP contribution >= 0.6 is 0 Å². The van der Waals surface area contributed by atoms with Gasteiger partial charge >= 0.3 is 6.03 Å². The number of nitrogens with one attached hydrogen (secondary N) is 1. The van der Waals surface area contributed by atoms with Gasteiger partial charge in [-0.2, -0.15) is 0 Å². The van der Waals surface area contributed by atoms with Gasteiger partial charge in [-0.05, 0) is 42.3 Å². The normalized spacial score (nSPS) is 14.3. The lowest BCUT2D eigenvalue weighted by Crippen LogP contribution is -2.33. The third-order valence-electron chi connectivity index (χ3n) is 4.73. The Balaban J connectivity index is 1.49. The summed E-state index contributed by atoms with van der Waals surface area (Å²) in [6.45, 7) is 3.20. The molecule has 0 saturated heterocycles. The van der Waals surface area contributed by atoms with Crippen molar-refractivity contribution >= 4 is 22.7 Å². The van der Waals surface area contributed by atoms with Crippen LogP contribution in [0.1, 0.15) is 29.9 Å². The molecular weight excluding hydrogens is 316 g/mol. The summed E-state index contributed by atoms with van der Waals surface area (Å²) in [6, 6.07) is 15.4. The van der Waals surface area contributed by atoms with Crippen LogP contribution in [0.2, 0.25) is 0 Å². The molecule has 1 aliphatic heterocycles. The highest BCUT2D eigenvalue weighted by Gasteiger charge is 2.21. The van der Waals surface area contributed by atoms with Crippen LogP contribution in [0.4, 0.5) is 10.5 Å².